The first kappa shape index (κ1) is 105. The van der Waals surface area contributed by atoms with Crippen molar-refractivity contribution in [1.82, 2.24) is 0 Å². The van der Waals surface area contributed by atoms with E-state index in [4.69, 9.17) is 37.0 Å². The van der Waals surface area contributed by atoms with E-state index in [0.717, 1.165) is 218 Å². The molecule has 17 nitrogen and oxygen atoms in total. The molecule has 0 fully saturated rings. The van der Waals surface area contributed by atoms with E-state index in [1.54, 1.807) is 0 Å². The molecule has 0 heterocycles. The predicted octanol–water partition coefficient (Wildman–Crippen LogP) is 25.6. The molecule has 0 saturated heterocycles. The van der Waals surface area contributed by atoms with Gasteiger partial charge in [0, 0.05) is 25.7 Å². The van der Waals surface area contributed by atoms with E-state index < -0.39 is 97.5 Å². The first-order chi connectivity index (χ1) is 53.7. The van der Waals surface area contributed by atoms with Crippen LogP contribution in [0.25, 0.3) is 0 Å². The molecule has 110 heavy (non-hydrogen) atoms. The maximum atomic E-state index is 13.1. The number of hydrogen-bond acceptors (Lipinski definition) is 15. The smallest absolute Gasteiger partial charge is 0.462 e. The predicted molar refractivity (Wildman–Crippen MR) is 454 cm³/mol. The summed E-state index contributed by atoms with van der Waals surface area (Å²) in [4.78, 5) is 73.3. The molecule has 628 valence electrons. The van der Waals surface area contributed by atoms with Crippen LogP contribution in [0.15, 0.2) is 158 Å². The number of esters is 4. The van der Waals surface area contributed by atoms with Crippen LogP contribution in [0.3, 0.4) is 0 Å². The fourth-order valence-electron chi connectivity index (χ4n) is 11.0. The summed E-state index contributed by atoms with van der Waals surface area (Å²) < 4.78 is 68.8. The van der Waals surface area contributed by atoms with Gasteiger partial charge in [-0.2, -0.15) is 0 Å². The lowest BCUT2D eigenvalue weighted by molar-refractivity contribution is -0.161. The van der Waals surface area contributed by atoms with Crippen LogP contribution in [-0.4, -0.2) is 96.7 Å². The molecule has 0 amide bonds. The average molecular weight is 1580 g/mol. The summed E-state index contributed by atoms with van der Waals surface area (Å²) in [7, 11) is -10.00. The summed E-state index contributed by atoms with van der Waals surface area (Å²) in [6, 6.07) is 0. The SMILES string of the molecule is CC/C=C\C/C=C\C/C=C\C/C=C\CCCCCCC(=O)OC(COC(=O)CCCCCCCC/C=C\C/C=C\C/C=C\CCCCC)COP(=O)(O)OCC(O)COP(=O)(O)OCC(COC(=O)CCCCCCCC/C=C\C/C=C\C/C=C\CCCCC)OC(=O)CCCCCCC/C=C\C/C=C\C/C=C\CC. The van der Waals surface area contributed by atoms with E-state index in [0.29, 0.717) is 25.7 Å². The minimum Gasteiger partial charge on any atom is -0.462 e. The van der Waals surface area contributed by atoms with Crippen LogP contribution in [0.5, 0.6) is 0 Å². The molecule has 0 rings (SSSR count). The number of phosphoric ester groups is 2. The van der Waals surface area contributed by atoms with Crippen molar-refractivity contribution in [2.45, 2.75) is 354 Å². The van der Waals surface area contributed by atoms with Crippen molar-refractivity contribution in [3.8, 4) is 0 Å². The van der Waals surface area contributed by atoms with E-state index >= 15 is 0 Å². The highest BCUT2D eigenvalue weighted by Crippen LogP contribution is 2.45. The molecule has 0 aromatic rings. The lowest BCUT2D eigenvalue weighted by atomic mass is 10.1. The van der Waals surface area contributed by atoms with E-state index in [2.05, 4.69) is 186 Å². The molecule has 19 heteroatoms. The Morgan fingerprint density at radius 3 is 0.727 bits per heavy atom. The van der Waals surface area contributed by atoms with Gasteiger partial charge in [0.05, 0.1) is 26.4 Å². The number of aliphatic hydroxyl groups excluding tert-OH is 1. The molecule has 0 saturated carbocycles. The van der Waals surface area contributed by atoms with Crippen LogP contribution >= 0.6 is 15.6 Å². The quantitative estimate of drug-likeness (QED) is 0.0169. The van der Waals surface area contributed by atoms with Gasteiger partial charge in [0.1, 0.15) is 19.3 Å². The van der Waals surface area contributed by atoms with Gasteiger partial charge in [-0.1, -0.05) is 295 Å². The number of carbonyl (C=O) groups excluding carboxylic acids is 4. The number of carbonyl (C=O) groups is 4. The molecule has 0 aromatic carbocycles. The Morgan fingerprint density at radius 2 is 0.473 bits per heavy atom. The molecule has 3 N–H and O–H groups in total. The maximum Gasteiger partial charge on any atom is 0.472 e. The summed E-state index contributed by atoms with van der Waals surface area (Å²) >= 11 is 0. The van der Waals surface area contributed by atoms with Crippen molar-refractivity contribution in [3.63, 3.8) is 0 Å². The van der Waals surface area contributed by atoms with Gasteiger partial charge in [-0.05, 0) is 173 Å². The van der Waals surface area contributed by atoms with Crippen LogP contribution in [0.4, 0.5) is 0 Å². The number of unbranched alkanes of at least 4 members (excludes halogenated alkanes) is 27. The highest BCUT2D eigenvalue weighted by Gasteiger charge is 2.30. The molecular formula is C91H152O17P2. The largest absolute Gasteiger partial charge is 0.472 e. The van der Waals surface area contributed by atoms with Crippen LogP contribution in [-0.2, 0) is 65.4 Å². The molecule has 0 radical (unpaired) electrons. The van der Waals surface area contributed by atoms with Gasteiger partial charge in [0.2, 0.25) is 0 Å². The van der Waals surface area contributed by atoms with Crippen LogP contribution in [0.1, 0.15) is 336 Å². The third kappa shape index (κ3) is 80.7. The van der Waals surface area contributed by atoms with Gasteiger partial charge >= 0.3 is 39.5 Å². The fourth-order valence-corrected chi connectivity index (χ4v) is 12.6. The Bertz CT molecular complexity index is 2700. The summed E-state index contributed by atoms with van der Waals surface area (Å²) in [5, 5.41) is 10.7. The zero-order valence-corrected chi connectivity index (χ0v) is 70.7. The minimum atomic E-state index is -5.00. The number of hydrogen-bond donors (Lipinski definition) is 3. The van der Waals surface area contributed by atoms with Crippen molar-refractivity contribution >= 4 is 39.5 Å². The molecule has 0 aromatic heterocycles. The fraction of sp³-hybridized carbons (Fsp3) is 0.670. The van der Waals surface area contributed by atoms with Crippen molar-refractivity contribution in [2.24, 2.45) is 0 Å². The summed E-state index contributed by atoms with van der Waals surface area (Å²) in [6.45, 7) is 4.54. The van der Waals surface area contributed by atoms with Crippen molar-refractivity contribution in [3.05, 3.63) is 158 Å². The molecule has 5 unspecified atom stereocenters. The topological polar surface area (TPSA) is 237 Å². The van der Waals surface area contributed by atoms with Gasteiger partial charge < -0.3 is 33.8 Å². The van der Waals surface area contributed by atoms with Crippen molar-refractivity contribution in [2.75, 3.05) is 39.6 Å². The van der Waals surface area contributed by atoms with E-state index in [1.165, 1.54) is 38.5 Å². The van der Waals surface area contributed by atoms with E-state index in [-0.39, 0.29) is 25.7 Å². The van der Waals surface area contributed by atoms with E-state index in [9.17, 15) is 43.2 Å². The molecule has 0 aliphatic heterocycles. The Morgan fingerprint density at radius 1 is 0.264 bits per heavy atom. The number of ether oxygens (including phenoxy) is 4. The lowest BCUT2D eigenvalue weighted by Crippen LogP contribution is -2.30. The highest BCUT2D eigenvalue weighted by molar-refractivity contribution is 7.47. The Labute approximate surface area is 668 Å². The van der Waals surface area contributed by atoms with Gasteiger partial charge in [-0.15, -0.1) is 0 Å². The highest BCUT2D eigenvalue weighted by atomic mass is 31.2. The normalized spacial score (nSPS) is 14.6. The third-order valence-corrected chi connectivity index (χ3v) is 19.4. The first-order valence-electron chi connectivity index (χ1n) is 42.7. The van der Waals surface area contributed by atoms with Crippen LogP contribution < -0.4 is 0 Å². The second kappa shape index (κ2) is 81.7. The zero-order valence-electron chi connectivity index (χ0n) is 68.9. The zero-order chi connectivity index (χ0) is 80.3. The van der Waals surface area contributed by atoms with Crippen molar-refractivity contribution < 1.29 is 80.2 Å². The monoisotopic (exact) mass is 1580 g/mol. The molecule has 0 bridgehead atoms. The average Bonchev–Trinajstić information content (AvgIpc) is 0.906. The van der Waals surface area contributed by atoms with E-state index in [1.807, 2.05) is 0 Å². The molecule has 0 aliphatic rings. The number of rotatable bonds is 79. The van der Waals surface area contributed by atoms with Crippen LogP contribution in [0.2, 0.25) is 0 Å². The third-order valence-electron chi connectivity index (χ3n) is 17.5. The molecule has 0 aliphatic carbocycles. The van der Waals surface area contributed by atoms with Crippen molar-refractivity contribution in [1.29, 1.82) is 0 Å². The van der Waals surface area contributed by atoms with Crippen LogP contribution in [0, 0.1) is 0 Å². The van der Waals surface area contributed by atoms with Gasteiger partial charge in [0.15, 0.2) is 12.2 Å². The molecule has 0 spiro atoms. The van der Waals surface area contributed by atoms with Gasteiger partial charge in [-0.25, -0.2) is 9.13 Å². The standard InChI is InChI=1S/C91H152O17P2/c1-5-9-13-17-21-25-29-33-37-40-42-45-48-51-55-59-63-67-71-75-88(93)101-81-86(107-90(95)77-73-69-65-61-57-53-47-36-32-28-24-20-16-12-8-4)83-105-109(97,98)103-79-85(92)80-104-110(99,100)106-84-87(108-91(96)78-74-70-66-62-58-54-50-44-39-35-31-27-23-19-15-11-7-3)82-102-89(94)76-72-68-64-60-56-52-49-46-43-41-38-34-30-26-22-18-14-10-6-2/h11-12,15-16,21-28,33-39,42-43,45-47,50,54,85-87,92H,5-10,13-14,17-20,29-32,40-41,44,48-49,51-53,55-84H2,1-4H3,(H,97,98)(H,99,100)/b15-11-,16-12-,25-21-,26-22-,27-23-,28-24-,37-33-,38-34-,39-35-,45-42-,46-43-,47-36-,54-50-. The summed E-state index contributed by atoms with van der Waals surface area (Å²) in [6.07, 6.45) is 96.2. The Kier molecular flexibility index (Phi) is 77.7. The Hall–Kier alpha value is -5.32. The summed E-state index contributed by atoms with van der Waals surface area (Å²) in [5.41, 5.74) is 0. The molecule has 5 atom stereocenters. The molecular weight excluding hydrogens is 1430 g/mol. The minimum absolute atomic E-state index is 0.0587. The Balaban J connectivity index is 5.44. The first-order valence-corrected chi connectivity index (χ1v) is 45.7. The number of phosphoric acid groups is 2. The number of aliphatic hydroxyl groups is 1. The number of allylic oxidation sites excluding steroid dienone is 26. The second-order valence-corrected chi connectivity index (χ2v) is 30.9. The van der Waals surface area contributed by atoms with Gasteiger partial charge in [-0.3, -0.25) is 37.3 Å². The van der Waals surface area contributed by atoms with Gasteiger partial charge in [0.25, 0.3) is 0 Å². The summed E-state index contributed by atoms with van der Waals surface area (Å²) in [5.74, 6) is -2.25. The lowest BCUT2D eigenvalue weighted by Gasteiger charge is -2.21. The second-order valence-electron chi connectivity index (χ2n) is 28.0. The maximum absolute atomic E-state index is 13.1.